The number of amides is 1. The van der Waals surface area contributed by atoms with Gasteiger partial charge in [0.25, 0.3) is 5.91 Å². The maximum Gasteiger partial charge on any atom is 0.326 e. The predicted molar refractivity (Wildman–Crippen MR) is 79.7 cm³/mol. The summed E-state index contributed by atoms with van der Waals surface area (Å²) >= 11 is 0. The molecule has 0 fully saturated rings. The topological polar surface area (TPSA) is 97.1 Å². The predicted octanol–water partition coefficient (Wildman–Crippen LogP) is 1.50. The first kappa shape index (κ1) is 15.7. The molecule has 0 unspecified atom stereocenters. The van der Waals surface area contributed by atoms with Crippen LogP contribution in [0, 0.1) is 5.92 Å². The molecule has 2 heterocycles. The van der Waals surface area contributed by atoms with Gasteiger partial charge in [0.1, 0.15) is 11.7 Å². The molecule has 2 aromatic rings. The van der Waals surface area contributed by atoms with E-state index in [1.54, 1.807) is 35.4 Å². The van der Waals surface area contributed by atoms with Crippen LogP contribution in [0.4, 0.5) is 0 Å². The Hall–Kier alpha value is -2.70. The van der Waals surface area contributed by atoms with E-state index in [4.69, 9.17) is 0 Å². The Bertz CT molecular complexity index is 653. The zero-order chi connectivity index (χ0) is 16.1. The van der Waals surface area contributed by atoms with Crippen LogP contribution in [0.25, 0.3) is 5.69 Å². The van der Waals surface area contributed by atoms with Crippen LogP contribution in [0.2, 0.25) is 0 Å². The minimum Gasteiger partial charge on any atom is -0.480 e. The quantitative estimate of drug-likeness (QED) is 0.842. The van der Waals surface area contributed by atoms with Gasteiger partial charge in [-0.1, -0.05) is 13.8 Å². The van der Waals surface area contributed by atoms with Crippen LogP contribution in [0.15, 0.2) is 37.1 Å². The van der Waals surface area contributed by atoms with E-state index in [1.165, 1.54) is 6.20 Å². The lowest BCUT2D eigenvalue weighted by atomic mass is 10.0. The van der Waals surface area contributed by atoms with Crippen LogP contribution in [0.3, 0.4) is 0 Å². The number of carboxylic acid groups (broad SMARTS) is 1. The van der Waals surface area contributed by atoms with Crippen LogP contribution in [0.1, 0.15) is 30.8 Å². The molecular formula is C15H18N4O3. The summed E-state index contributed by atoms with van der Waals surface area (Å²) in [7, 11) is 0. The number of pyridine rings is 1. The summed E-state index contributed by atoms with van der Waals surface area (Å²) in [5.41, 5.74) is 0.898. The molecule has 0 radical (unpaired) electrons. The van der Waals surface area contributed by atoms with Gasteiger partial charge in [0.05, 0.1) is 12.0 Å². The van der Waals surface area contributed by atoms with Gasteiger partial charge in [-0.3, -0.25) is 9.78 Å². The normalized spacial score (nSPS) is 12.1. The lowest BCUT2D eigenvalue weighted by Gasteiger charge is -2.16. The monoisotopic (exact) mass is 302 g/mol. The van der Waals surface area contributed by atoms with Gasteiger partial charge < -0.3 is 15.0 Å². The number of nitrogens with one attached hydrogen (secondary N) is 1. The number of imidazole rings is 1. The fourth-order valence-electron chi connectivity index (χ4n) is 2.04. The average molecular weight is 302 g/mol. The SMILES string of the molecule is CC(C)C[C@@H](NC(=O)c1cc(-n2ccnc2)ccn1)C(=O)O. The van der Waals surface area contributed by atoms with Crippen molar-refractivity contribution in [1.82, 2.24) is 19.9 Å². The maximum absolute atomic E-state index is 12.2. The molecule has 22 heavy (non-hydrogen) atoms. The number of aromatic nitrogens is 3. The molecule has 0 spiro atoms. The third kappa shape index (κ3) is 3.91. The molecular weight excluding hydrogens is 284 g/mol. The number of carbonyl (C=O) groups is 2. The molecule has 2 aromatic heterocycles. The Morgan fingerprint density at radius 2 is 2.14 bits per heavy atom. The number of nitrogens with zero attached hydrogens (tertiary/aromatic N) is 3. The largest absolute Gasteiger partial charge is 0.480 e. The molecule has 0 saturated carbocycles. The van der Waals surface area contributed by atoms with Crippen molar-refractivity contribution in [2.75, 3.05) is 0 Å². The van der Waals surface area contributed by atoms with Crippen molar-refractivity contribution < 1.29 is 14.7 Å². The smallest absolute Gasteiger partial charge is 0.326 e. The number of aliphatic carboxylic acids is 1. The summed E-state index contributed by atoms with van der Waals surface area (Å²) in [4.78, 5) is 31.4. The van der Waals surface area contributed by atoms with Gasteiger partial charge >= 0.3 is 5.97 Å². The van der Waals surface area contributed by atoms with E-state index in [1.807, 2.05) is 13.8 Å². The van der Waals surface area contributed by atoms with Gasteiger partial charge in [-0.05, 0) is 24.5 Å². The summed E-state index contributed by atoms with van der Waals surface area (Å²) in [6.45, 7) is 3.81. The lowest BCUT2D eigenvalue weighted by molar-refractivity contribution is -0.139. The standard InChI is InChI=1S/C15H18N4O3/c1-10(2)7-13(15(21)22)18-14(20)12-8-11(3-4-17-12)19-6-5-16-9-19/h3-6,8-10,13H,7H2,1-2H3,(H,18,20)(H,21,22)/t13-/m1/s1. The average Bonchev–Trinajstić information content (AvgIpc) is 3.00. The van der Waals surface area contributed by atoms with Gasteiger partial charge in [0.2, 0.25) is 0 Å². The van der Waals surface area contributed by atoms with E-state index in [9.17, 15) is 14.7 Å². The molecule has 7 nitrogen and oxygen atoms in total. The van der Waals surface area contributed by atoms with Crippen LogP contribution in [-0.4, -0.2) is 37.6 Å². The van der Waals surface area contributed by atoms with Crippen LogP contribution >= 0.6 is 0 Å². The Labute approximate surface area is 128 Å². The number of carbonyl (C=O) groups excluding carboxylic acids is 1. The second kappa shape index (κ2) is 6.84. The first-order valence-electron chi connectivity index (χ1n) is 6.95. The van der Waals surface area contributed by atoms with Crippen molar-refractivity contribution in [3.63, 3.8) is 0 Å². The van der Waals surface area contributed by atoms with Crippen LogP contribution in [-0.2, 0) is 4.79 Å². The van der Waals surface area contributed by atoms with E-state index in [0.717, 1.165) is 5.69 Å². The molecule has 0 aromatic carbocycles. The third-order valence-electron chi connectivity index (χ3n) is 3.09. The van der Waals surface area contributed by atoms with Gasteiger partial charge in [-0.2, -0.15) is 0 Å². The summed E-state index contributed by atoms with van der Waals surface area (Å²) in [5, 5.41) is 11.7. The van der Waals surface area contributed by atoms with Gasteiger partial charge in [0.15, 0.2) is 0 Å². The van der Waals surface area contributed by atoms with E-state index >= 15 is 0 Å². The molecule has 2 N–H and O–H groups in total. The molecule has 0 saturated heterocycles. The van der Waals surface area contributed by atoms with Crippen molar-refractivity contribution >= 4 is 11.9 Å². The molecule has 1 atom stereocenters. The van der Waals surface area contributed by atoms with E-state index < -0.39 is 17.9 Å². The fraction of sp³-hybridized carbons (Fsp3) is 0.333. The summed E-state index contributed by atoms with van der Waals surface area (Å²) in [6, 6.07) is 2.40. The second-order valence-electron chi connectivity index (χ2n) is 5.36. The zero-order valence-electron chi connectivity index (χ0n) is 12.4. The summed E-state index contributed by atoms with van der Waals surface area (Å²) in [6.07, 6.45) is 6.85. The van der Waals surface area contributed by atoms with Crippen molar-refractivity contribution in [2.45, 2.75) is 26.3 Å². The molecule has 0 aliphatic carbocycles. The fourth-order valence-corrected chi connectivity index (χ4v) is 2.04. The van der Waals surface area contributed by atoms with Crippen molar-refractivity contribution in [3.05, 3.63) is 42.7 Å². The highest BCUT2D eigenvalue weighted by molar-refractivity contribution is 5.95. The molecule has 2 rings (SSSR count). The van der Waals surface area contributed by atoms with Crippen LogP contribution < -0.4 is 5.32 Å². The lowest BCUT2D eigenvalue weighted by Crippen LogP contribution is -2.41. The third-order valence-corrected chi connectivity index (χ3v) is 3.09. The van der Waals surface area contributed by atoms with Crippen LogP contribution in [0.5, 0.6) is 0 Å². The summed E-state index contributed by atoms with van der Waals surface area (Å²) in [5.74, 6) is -1.39. The Morgan fingerprint density at radius 3 is 2.73 bits per heavy atom. The van der Waals surface area contributed by atoms with E-state index in [-0.39, 0.29) is 11.6 Å². The first-order chi connectivity index (χ1) is 10.5. The Kier molecular flexibility index (Phi) is 4.88. The molecule has 0 aliphatic rings. The van der Waals surface area contributed by atoms with Crippen molar-refractivity contribution in [2.24, 2.45) is 5.92 Å². The Balaban J connectivity index is 2.15. The first-order valence-corrected chi connectivity index (χ1v) is 6.95. The minimum absolute atomic E-state index is 0.159. The minimum atomic E-state index is -1.05. The van der Waals surface area contributed by atoms with Crippen molar-refractivity contribution in [1.29, 1.82) is 0 Å². The molecule has 116 valence electrons. The van der Waals surface area contributed by atoms with E-state index in [0.29, 0.717) is 6.42 Å². The van der Waals surface area contributed by atoms with Gasteiger partial charge in [0, 0.05) is 18.6 Å². The highest BCUT2D eigenvalue weighted by atomic mass is 16.4. The zero-order valence-corrected chi connectivity index (χ0v) is 12.4. The van der Waals surface area contributed by atoms with Gasteiger partial charge in [-0.25, -0.2) is 9.78 Å². The van der Waals surface area contributed by atoms with Gasteiger partial charge in [-0.15, -0.1) is 0 Å². The maximum atomic E-state index is 12.2. The molecule has 1 amide bonds. The number of rotatable bonds is 6. The van der Waals surface area contributed by atoms with E-state index in [2.05, 4.69) is 15.3 Å². The van der Waals surface area contributed by atoms with Crippen molar-refractivity contribution in [3.8, 4) is 5.69 Å². The molecule has 0 bridgehead atoms. The molecule has 0 aliphatic heterocycles. The molecule has 7 heteroatoms. The Morgan fingerprint density at radius 1 is 1.36 bits per heavy atom. The number of hydrogen-bond donors (Lipinski definition) is 2. The number of carboxylic acids is 1. The highest BCUT2D eigenvalue weighted by Crippen LogP contribution is 2.10. The number of hydrogen-bond acceptors (Lipinski definition) is 4. The summed E-state index contributed by atoms with van der Waals surface area (Å²) < 4.78 is 1.74. The second-order valence-corrected chi connectivity index (χ2v) is 5.36. The highest BCUT2D eigenvalue weighted by Gasteiger charge is 2.22.